The fraction of sp³-hybridized carbons (Fsp3) is 0.769. The highest BCUT2D eigenvalue weighted by Gasteiger charge is 2.40. The maximum atomic E-state index is 5.97. The number of hydrogen-bond acceptors (Lipinski definition) is 3. The normalized spacial score (nSPS) is 26.3. The Morgan fingerprint density at radius 2 is 2.47 bits per heavy atom. The largest absolute Gasteiger partial charge is 0.373 e. The van der Waals surface area contributed by atoms with E-state index in [0.29, 0.717) is 0 Å². The third-order valence-corrected chi connectivity index (χ3v) is 3.61. The van der Waals surface area contributed by atoms with Crippen molar-refractivity contribution in [2.45, 2.75) is 44.8 Å². The first-order chi connectivity index (χ1) is 8.17. The van der Waals surface area contributed by atoms with Gasteiger partial charge in [-0.2, -0.15) is 5.10 Å². The third kappa shape index (κ3) is 2.53. The smallest absolute Gasteiger partial charge is 0.0864 e. The molecule has 96 valence electrons. The Morgan fingerprint density at radius 3 is 3.00 bits per heavy atom. The molecule has 4 nitrogen and oxygen atoms in total. The van der Waals surface area contributed by atoms with Crippen molar-refractivity contribution in [2.75, 3.05) is 13.2 Å². The second-order valence-electron chi connectivity index (χ2n) is 5.03. The Balaban J connectivity index is 2.21. The van der Waals surface area contributed by atoms with E-state index in [0.717, 1.165) is 32.4 Å². The van der Waals surface area contributed by atoms with E-state index < -0.39 is 0 Å². The van der Waals surface area contributed by atoms with Crippen molar-refractivity contribution in [3.05, 3.63) is 18.0 Å². The van der Waals surface area contributed by atoms with E-state index in [-0.39, 0.29) is 11.6 Å². The van der Waals surface area contributed by atoms with Gasteiger partial charge in [0.25, 0.3) is 0 Å². The van der Waals surface area contributed by atoms with E-state index in [2.05, 4.69) is 30.3 Å². The van der Waals surface area contributed by atoms with Crippen LogP contribution >= 0.6 is 0 Å². The molecule has 4 heteroatoms. The molecule has 0 bridgehead atoms. The van der Waals surface area contributed by atoms with Gasteiger partial charge in [0, 0.05) is 19.9 Å². The molecular weight excluding hydrogens is 214 g/mol. The second-order valence-corrected chi connectivity index (χ2v) is 5.03. The molecule has 1 N–H and O–H groups in total. The predicted molar refractivity (Wildman–Crippen MR) is 67.8 cm³/mol. The predicted octanol–water partition coefficient (Wildman–Crippen LogP) is 2.03. The third-order valence-electron chi connectivity index (χ3n) is 3.61. The number of hydrogen-bond donors (Lipinski definition) is 1. The van der Waals surface area contributed by atoms with Gasteiger partial charge in [-0.1, -0.05) is 6.92 Å². The molecule has 1 aromatic rings. The Bertz CT molecular complexity index is 355. The number of ether oxygens (including phenoxy) is 1. The summed E-state index contributed by atoms with van der Waals surface area (Å²) in [6, 6.07) is 2.32. The standard InChI is InChI=1S/C13H23N3O/c1-4-8-14-12(11-6-9-15-16(11)3)13(2)7-5-10-17-13/h6,9,12,14H,4-5,7-8,10H2,1-3H3. The summed E-state index contributed by atoms with van der Waals surface area (Å²) in [5.74, 6) is 0. The Morgan fingerprint density at radius 1 is 1.65 bits per heavy atom. The lowest BCUT2D eigenvalue weighted by molar-refractivity contribution is -0.0145. The molecule has 1 saturated heterocycles. The van der Waals surface area contributed by atoms with Crippen LogP contribution in [0.2, 0.25) is 0 Å². The minimum Gasteiger partial charge on any atom is -0.373 e. The number of nitrogens with one attached hydrogen (secondary N) is 1. The molecule has 1 aliphatic heterocycles. The van der Waals surface area contributed by atoms with Crippen molar-refractivity contribution in [2.24, 2.45) is 7.05 Å². The number of aryl methyl sites for hydroxylation is 1. The van der Waals surface area contributed by atoms with Gasteiger partial charge in [-0.15, -0.1) is 0 Å². The lowest BCUT2D eigenvalue weighted by atomic mass is 9.90. The van der Waals surface area contributed by atoms with Crippen LogP contribution in [-0.2, 0) is 11.8 Å². The SMILES string of the molecule is CCCNC(c1ccnn1C)C1(C)CCCO1. The van der Waals surface area contributed by atoms with Gasteiger partial charge in [0.2, 0.25) is 0 Å². The van der Waals surface area contributed by atoms with Crippen LogP contribution in [0.4, 0.5) is 0 Å². The minimum absolute atomic E-state index is 0.0943. The van der Waals surface area contributed by atoms with Crippen LogP contribution in [0.15, 0.2) is 12.3 Å². The lowest BCUT2D eigenvalue weighted by Crippen LogP contribution is -2.42. The monoisotopic (exact) mass is 237 g/mol. The summed E-state index contributed by atoms with van der Waals surface area (Å²) in [6.45, 7) is 6.28. The molecule has 1 fully saturated rings. The molecule has 0 aromatic carbocycles. The molecule has 0 saturated carbocycles. The van der Waals surface area contributed by atoms with Crippen LogP contribution in [0.3, 0.4) is 0 Å². The quantitative estimate of drug-likeness (QED) is 0.851. The van der Waals surface area contributed by atoms with Crippen LogP contribution in [0, 0.1) is 0 Å². The Labute approximate surface area is 103 Å². The van der Waals surface area contributed by atoms with E-state index in [1.807, 2.05) is 17.9 Å². The molecule has 1 aromatic heterocycles. The van der Waals surface area contributed by atoms with Crippen LogP contribution in [0.1, 0.15) is 44.8 Å². The van der Waals surface area contributed by atoms with Crippen molar-refractivity contribution >= 4 is 0 Å². The summed E-state index contributed by atoms with van der Waals surface area (Å²) >= 11 is 0. The highest BCUT2D eigenvalue weighted by atomic mass is 16.5. The topological polar surface area (TPSA) is 39.1 Å². The molecule has 2 unspecified atom stereocenters. The average Bonchev–Trinajstić information content (AvgIpc) is 2.90. The summed E-state index contributed by atoms with van der Waals surface area (Å²) in [5.41, 5.74) is 1.12. The van der Waals surface area contributed by atoms with E-state index in [4.69, 9.17) is 4.74 Å². The lowest BCUT2D eigenvalue weighted by Gasteiger charge is -2.34. The summed E-state index contributed by atoms with van der Waals surface area (Å²) in [6.07, 6.45) is 5.25. The molecule has 2 heterocycles. The fourth-order valence-corrected chi connectivity index (χ4v) is 2.62. The molecular formula is C13H23N3O. The Hall–Kier alpha value is -0.870. The van der Waals surface area contributed by atoms with E-state index >= 15 is 0 Å². The van der Waals surface area contributed by atoms with Crippen molar-refractivity contribution in [3.8, 4) is 0 Å². The minimum atomic E-state index is -0.0943. The zero-order valence-electron chi connectivity index (χ0n) is 11.1. The summed E-state index contributed by atoms with van der Waals surface area (Å²) in [4.78, 5) is 0. The number of aromatic nitrogens is 2. The van der Waals surface area contributed by atoms with Crippen LogP contribution in [0.5, 0.6) is 0 Å². The molecule has 17 heavy (non-hydrogen) atoms. The first kappa shape index (κ1) is 12.6. The van der Waals surface area contributed by atoms with Crippen molar-refractivity contribution < 1.29 is 4.74 Å². The molecule has 2 atom stereocenters. The van der Waals surface area contributed by atoms with Gasteiger partial charge < -0.3 is 10.1 Å². The molecule has 2 rings (SSSR count). The van der Waals surface area contributed by atoms with Crippen molar-refractivity contribution in [1.29, 1.82) is 0 Å². The molecule has 0 aliphatic carbocycles. The maximum absolute atomic E-state index is 5.97. The molecule has 0 amide bonds. The van der Waals surface area contributed by atoms with Gasteiger partial charge >= 0.3 is 0 Å². The highest BCUT2D eigenvalue weighted by molar-refractivity contribution is 5.13. The van der Waals surface area contributed by atoms with Gasteiger partial charge in [0.15, 0.2) is 0 Å². The first-order valence-electron chi connectivity index (χ1n) is 6.52. The number of nitrogens with zero attached hydrogens (tertiary/aromatic N) is 2. The Kier molecular flexibility index (Phi) is 3.84. The van der Waals surface area contributed by atoms with Crippen molar-refractivity contribution in [3.63, 3.8) is 0 Å². The average molecular weight is 237 g/mol. The fourth-order valence-electron chi connectivity index (χ4n) is 2.62. The highest BCUT2D eigenvalue weighted by Crippen LogP contribution is 2.37. The van der Waals surface area contributed by atoms with Gasteiger partial charge in [-0.05, 0) is 38.8 Å². The summed E-state index contributed by atoms with van der Waals surface area (Å²) < 4.78 is 7.92. The zero-order chi connectivity index (χ0) is 12.3. The van der Waals surface area contributed by atoms with Crippen LogP contribution in [0.25, 0.3) is 0 Å². The molecule has 0 radical (unpaired) electrons. The molecule has 0 spiro atoms. The van der Waals surface area contributed by atoms with Crippen molar-refractivity contribution in [1.82, 2.24) is 15.1 Å². The van der Waals surface area contributed by atoms with Gasteiger partial charge in [0.1, 0.15) is 0 Å². The summed E-state index contributed by atoms with van der Waals surface area (Å²) in [5, 5.41) is 7.88. The zero-order valence-corrected chi connectivity index (χ0v) is 11.1. The van der Waals surface area contributed by atoms with Gasteiger partial charge in [-0.25, -0.2) is 0 Å². The van der Waals surface area contributed by atoms with Gasteiger partial charge in [0.05, 0.1) is 17.3 Å². The number of rotatable bonds is 5. The second kappa shape index (κ2) is 5.19. The van der Waals surface area contributed by atoms with E-state index in [1.54, 1.807) is 0 Å². The van der Waals surface area contributed by atoms with Gasteiger partial charge in [-0.3, -0.25) is 4.68 Å². The van der Waals surface area contributed by atoms with E-state index in [1.165, 1.54) is 5.69 Å². The van der Waals surface area contributed by atoms with Crippen LogP contribution in [-0.4, -0.2) is 28.5 Å². The van der Waals surface area contributed by atoms with Crippen LogP contribution < -0.4 is 5.32 Å². The van der Waals surface area contributed by atoms with E-state index in [9.17, 15) is 0 Å². The first-order valence-corrected chi connectivity index (χ1v) is 6.52. The molecule has 1 aliphatic rings. The maximum Gasteiger partial charge on any atom is 0.0864 e. The summed E-state index contributed by atoms with van der Waals surface area (Å²) in [7, 11) is 1.99.